The highest BCUT2D eigenvalue weighted by atomic mass is 19.1. The number of hydrogen-bond donors (Lipinski definition) is 1. The quantitative estimate of drug-likeness (QED) is 0.938. The molecule has 0 bridgehead atoms. The second-order valence-electron chi connectivity index (χ2n) is 4.51. The molecular weight excluding hydrogens is 273 g/mol. The molecule has 0 saturated heterocycles. The van der Waals surface area contributed by atoms with Crippen LogP contribution in [0.5, 0.6) is 11.5 Å². The highest BCUT2D eigenvalue weighted by molar-refractivity contribution is 6.05. The molecule has 2 aromatic rings. The normalized spacial score (nSPS) is 10.1. The molecule has 2 aromatic carbocycles. The van der Waals surface area contributed by atoms with Crippen molar-refractivity contribution in [3.63, 3.8) is 0 Å². The summed E-state index contributed by atoms with van der Waals surface area (Å²) in [6, 6.07) is 9.12. The van der Waals surface area contributed by atoms with Gasteiger partial charge in [0.1, 0.15) is 17.3 Å². The average Bonchev–Trinajstić information content (AvgIpc) is 2.49. The summed E-state index contributed by atoms with van der Waals surface area (Å²) < 4.78 is 23.5. The lowest BCUT2D eigenvalue weighted by molar-refractivity contribution is 0.102. The van der Waals surface area contributed by atoms with Crippen LogP contribution in [0.1, 0.15) is 15.9 Å². The van der Waals surface area contributed by atoms with E-state index in [-0.39, 0.29) is 11.5 Å². The van der Waals surface area contributed by atoms with Crippen LogP contribution in [-0.2, 0) is 0 Å². The minimum absolute atomic E-state index is 0.289. The molecule has 0 unspecified atom stereocenters. The molecule has 4 nitrogen and oxygen atoms in total. The second-order valence-corrected chi connectivity index (χ2v) is 4.51. The number of amides is 1. The molecule has 0 spiro atoms. The van der Waals surface area contributed by atoms with Gasteiger partial charge < -0.3 is 14.8 Å². The summed E-state index contributed by atoms with van der Waals surface area (Å²) in [5.41, 5.74) is 1.50. The third-order valence-corrected chi connectivity index (χ3v) is 3.05. The van der Waals surface area contributed by atoms with Gasteiger partial charge in [-0.05, 0) is 24.6 Å². The van der Waals surface area contributed by atoms with Crippen LogP contribution in [0.15, 0.2) is 36.4 Å². The fourth-order valence-electron chi connectivity index (χ4n) is 1.92. The number of aryl methyl sites for hydroxylation is 1. The molecule has 5 heteroatoms. The summed E-state index contributed by atoms with van der Waals surface area (Å²) in [7, 11) is 3.05. The van der Waals surface area contributed by atoms with Gasteiger partial charge >= 0.3 is 0 Å². The summed E-state index contributed by atoms with van der Waals surface area (Å²) in [6.45, 7) is 1.75. The number of benzene rings is 2. The summed E-state index contributed by atoms with van der Waals surface area (Å²) >= 11 is 0. The van der Waals surface area contributed by atoms with E-state index in [0.717, 1.165) is 0 Å². The lowest BCUT2D eigenvalue weighted by atomic mass is 10.1. The lowest BCUT2D eigenvalue weighted by Gasteiger charge is -2.11. The van der Waals surface area contributed by atoms with Gasteiger partial charge in [0, 0.05) is 29.4 Å². The van der Waals surface area contributed by atoms with Crippen molar-refractivity contribution in [3.05, 3.63) is 53.3 Å². The largest absolute Gasteiger partial charge is 0.497 e. The zero-order valence-electron chi connectivity index (χ0n) is 12.1. The van der Waals surface area contributed by atoms with E-state index in [1.54, 1.807) is 31.2 Å². The van der Waals surface area contributed by atoms with Crippen LogP contribution in [-0.4, -0.2) is 20.1 Å². The monoisotopic (exact) mass is 289 g/mol. The number of hydrogen-bond acceptors (Lipinski definition) is 3. The molecule has 0 aromatic heterocycles. The number of carbonyl (C=O) groups is 1. The van der Waals surface area contributed by atoms with Gasteiger partial charge in [0.15, 0.2) is 0 Å². The van der Waals surface area contributed by atoms with E-state index in [1.165, 1.54) is 26.4 Å². The molecule has 0 aliphatic rings. The molecule has 0 atom stereocenters. The van der Waals surface area contributed by atoms with E-state index >= 15 is 0 Å². The first-order valence-electron chi connectivity index (χ1n) is 6.34. The molecule has 0 saturated carbocycles. The second kappa shape index (κ2) is 6.26. The smallest absolute Gasteiger partial charge is 0.256 e. The molecule has 1 N–H and O–H groups in total. The van der Waals surface area contributed by atoms with Crippen molar-refractivity contribution < 1.29 is 18.7 Å². The number of methoxy groups -OCH3 is 2. The van der Waals surface area contributed by atoms with E-state index in [4.69, 9.17) is 9.47 Å². The van der Waals surface area contributed by atoms with Gasteiger partial charge in [-0.2, -0.15) is 0 Å². The molecule has 21 heavy (non-hydrogen) atoms. The van der Waals surface area contributed by atoms with Crippen LogP contribution in [0.3, 0.4) is 0 Å². The Balaban J connectivity index is 2.28. The predicted molar refractivity (Wildman–Crippen MR) is 78.6 cm³/mol. The maximum absolute atomic E-state index is 13.3. The minimum atomic E-state index is -0.450. The van der Waals surface area contributed by atoms with Crippen molar-refractivity contribution >= 4 is 11.6 Å². The molecule has 1 amide bonds. The van der Waals surface area contributed by atoms with E-state index in [1.807, 2.05) is 0 Å². The van der Waals surface area contributed by atoms with Gasteiger partial charge in [-0.15, -0.1) is 0 Å². The highest BCUT2D eigenvalue weighted by Crippen LogP contribution is 2.26. The Labute approximate surface area is 122 Å². The lowest BCUT2D eigenvalue weighted by Crippen LogP contribution is -2.13. The molecular formula is C16H16FNO3. The molecule has 0 heterocycles. The summed E-state index contributed by atoms with van der Waals surface area (Å²) in [6.07, 6.45) is 0. The van der Waals surface area contributed by atoms with E-state index in [9.17, 15) is 9.18 Å². The number of nitrogens with one attached hydrogen (secondary N) is 1. The van der Waals surface area contributed by atoms with Gasteiger partial charge in [0.05, 0.1) is 14.2 Å². The summed E-state index contributed by atoms with van der Waals surface area (Å²) in [5, 5.41) is 2.71. The number of ether oxygens (including phenoxy) is 2. The van der Waals surface area contributed by atoms with Crippen molar-refractivity contribution in [2.75, 3.05) is 19.5 Å². The Hall–Kier alpha value is -2.56. The Kier molecular flexibility index (Phi) is 4.42. The van der Waals surface area contributed by atoms with Gasteiger partial charge in [0.2, 0.25) is 0 Å². The number of halogens is 1. The molecule has 0 fully saturated rings. The topological polar surface area (TPSA) is 47.6 Å². The van der Waals surface area contributed by atoms with Crippen LogP contribution in [0.4, 0.5) is 10.1 Å². The number of carbonyl (C=O) groups excluding carboxylic acids is 1. The van der Waals surface area contributed by atoms with Crippen LogP contribution >= 0.6 is 0 Å². The number of rotatable bonds is 4. The zero-order chi connectivity index (χ0) is 15.4. The average molecular weight is 289 g/mol. The minimum Gasteiger partial charge on any atom is -0.497 e. The Morgan fingerprint density at radius 3 is 2.24 bits per heavy atom. The molecule has 0 aliphatic carbocycles. The molecule has 2 rings (SSSR count). The van der Waals surface area contributed by atoms with Crippen LogP contribution in [0.25, 0.3) is 0 Å². The molecule has 110 valence electrons. The Bertz CT molecular complexity index is 648. The molecule has 0 aliphatic heterocycles. The maximum Gasteiger partial charge on any atom is 0.256 e. The summed E-state index contributed by atoms with van der Waals surface area (Å²) in [5.74, 6) is 0.275. The van der Waals surface area contributed by atoms with Crippen molar-refractivity contribution in [2.45, 2.75) is 6.92 Å². The fraction of sp³-hybridized carbons (Fsp3) is 0.188. The van der Waals surface area contributed by atoms with Gasteiger partial charge in [-0.25, -0.2) is 4.39 Å². The van der Waals surface area contributed by atoms with Crippen molar-refractivity contribution in [3.8, 4) is 11.5 Å². The predicted octanol–water partition coefficient (Wildman–Crippen LogP) is 3.40. The van der Waals surface area contributed by atoms with Gasteiger partial charge in [-0.3, -0.25) is 4.79 Å². The highest BCUT2D eigenvalue weighted by Gasteiger charge is 2.12. The first kappa shape index (κ1) is 14.8. The number of anilines is 1. The molecule has 0 radical (unpaired) electrons. The van der Waals surface area contributed by atoms with Crippen LogP contribution in [0.2, 0.25) is 0 Å². The van der Waals surface area contributed by atoms with Crippen LogP contribution < -0.4 is 14.8 Å². The third kappa shape index (κ3) is 3.51. The first-order valence-corrected chi connectivity index (χ1v) is 6.34. The van der Waals surface area contributed by atoms with E-state index < -0.39 is 5.82 Å². The fourth-order valence-corrected chi connectivity index (χ4v) is 1.92. The van der Waals surface area contributed by atoms with Gasteiger partial charge in [0.25, 0.3) is 5.91 Å². The van der Waals surface area contributed by atoms with Crippen molar-refractivity contribution in [2.24, 2.45) is 0 Å². The van der Waals surface area contributed by atoms with Gasteiger partial charge in [-0.1, -0.05) is 6.07 Å². The zero-order valence-corrected chi connectivity index (χ0v) is 12.1. The van der Waals surface area contributed by atoms with E-state index in [2.05, 4.69) is 5.32 Å². The summed E-state index contributed by atoms with van der Waals surface area (Å²) in [4.78, 5) is 12.2. The van der Waals surface area contributed by atoms with Crippen molar-refractivity contribution in [1.29, 1.82) is 0 Å². The first-order chi connectivity index (χ1) is 10.0. The third-order valence-electron chi connectivity index (χ3n) is 3.05. The van der Waals surface area contributed by atoms with E-state index in [0.29, 0.717) is 22.7 Å². The van der Waals surface area contributed by atoms with Crippen molar-refractivity contribution in [1.82, 2.24) is 0 Å². The standard InChI is InChI=1S/C16H16FNO3/c1-10-4-5-11(17)6-15(10)16(19)18-12-7-13(20-2)9-14(8-12)21-3/h4-9H,1-3H3,(H,18,19). The Morgan fingerprint density at radius 1 is 1.05 bits per heavy atom. The Morgan fingerprint density at radius 2 is 1.67 bits per heavy atom. The SMILES string of the molecule is COc1cc(NC(=O)c2cc(F)ccc2C)cc(OC)c1. The maximum atomic E-state index is 13.3. The van der Waals surface area contributed by atoms with Crippen LogP contribution in [0, 0.1) is 12.7 Å².